The summed E-state index contributed by atoms with van der Waals surface area (Å²) in [6, 6.07) is 0.0385. The Kier molecular flexibility index (Phi) is 3.29. The molecule has 5 heteroatoms. The lowest BCUT2D eigenvalue weighted by Crippen LogP contribution is -2.40. The van der Waals surface area contributed by atoms with Crippen molar-refractivity contribution >= 4 is 11.8 Å². The topological polar surface area (TPSA) is 12.0 Å². The van der Waals surface area contributed by atoms with Crippen LogP contribution in [-0.4, -0.2) is 30.3 Å². The van der Waals surface area contributed by atoms with Gasteiger partial charge in [0, 0.05) is 11.8 Å². The maximum Gasteiger partial charge on any atom is 0.401 e. The summed E-state index contributed by atoms with van der Waals surface area (Å²) >= 11 is 1.71. The van der Waals surface area contributed by atoms with Crippen molar-refractivity contribution in [1.82, 2.24) is 5.32 Å². The van der Waals surface area contributed by atoms with E-state index in [1.165, 1.54) is 0 Å². The molecule has 72 valence electrons. The number of nitrogens with one attached hydrogen (secondary N) is 1. The van der Waals surface area contributed by atoms with Crippen LogP contribution in [0.1, 0.15) is 6.92 Å². The van der Waals surface area contributed by atoms with Crippen LogP contribution in [-0.2, 0) is 0 Å². The molecule has 0 aliphatic carbocycles. The van der Waals surface area contributed by atoms with Gasteiger partial charge in [0.25, 0.3) is 0 Å². The van der Waals surface area contributed by atoms with Crippen LogP contribution in [0, 0.1) is 5.92 Å². The molecule has 1 fully saturated rings. The Morgan fingerprint density at radius 2 is 2.08 bits per heavy atom. The highest BCUT2D eigenvalue weighted by molar-refractivity contribution is 7.99. The molecule has 0 spiro atoms. The molecule has 0 bridgehead atoms. The monoisotopic (exact) mass is 199 g/mol. The van der Waals surface area contributed by atoms with E-state index in [-0.39, 0.29) is 6.04 Å². The van der Waals surface area contributed by atoms with Gasteiger partial charge >= 0.3 is 6.18 Å². The Morgan fingerprint density at radius 3 is 2.50 bits per heavy atom. The summed E-state index contributed by atoms with van der Waals surface area (Å²) in [4.78, 5) is 0. The summed E-state index contributed by atoms with van der Waals surface area (Å²) in [6.45, 7) is 1.12. The van der Waals surface area contributed by atoms with Gasteiger partial charge in [-0.1, -0.05) is 6.92 Å². The van der Waals surface area contributed by atoms with Gasteiger partial charge in [-0.3, -0.25) is 0 Å². The van der Waals surface area contributed by atoms with Gasteiger partial charge in [-0.2, -0.15) is 24.9 Å². The van der Waals surface area contributed by atoms with Crippen molar-refractivity contribution in [3.05, 3.63) is 0 Å². The molecule has 1 rings (SSSR count). The fourth-order valence-electron chi connectivity index (χ4n) is 1.17. The number of hydrogen-bond donors (Lipinski definition) is 1. The minimum Gasteiger partial charge on any atom is -0.305 e. The largest absolute Gasteiger partial charge is 0.401 e. The Balaban J connectivity index is 2.23. The second-order valence-electron chi connectivity index (χ2n) is 3.12. The van der Waals surface area contributed by atoms with Crippen LogP contribution in [0.3, 0.4) is 0 Å². The van der Waals surface area contributed by atoms with Crippen molar-refractivity contribution in [3.8, 4) is 0 Å². The normalized spacial score (nSPS) is 31.0. The van der Waals surface area contributed by atoms with Gasteiger partial charge in [-0.05, 0) is 11.7 Å². The second-order valence-corrected chi connectivity index (χ2v) is 4.19. The smallest absolute Gasteiger partial charge is 0.305 e. The van der Waals surface area contributed by atoms with Crippen molar-refractivity contribution < 1.29 is 13.2 Å². The summed E-state index contributed by atoms with van der Waals surface area (Å²) in [5.41, 5.74) is 0. The highest BCUT2D eigenvalue weighted by atomic mass is 32.2. The Morgan fingerprint density at radius 1 is 1.42 bits per heavy atom. The van der Waals surface area contributed by atoms with Crippen molar-refractivity contribution in [2.24, 2.45) is 5.92 Å². The molecule has 1 saturated heterocycles. The van der Waals surface area contributed by atoms with Gasteiger partial charge in [0.1, 0.15) is 0 Å². The molecule has 1 heterocycles. The summed E-state index contributed by atoms with van der Waals surface area (Å²) in [6.07, 6.45) is -4.08. The average molecular weight is 199 g/mol. The molecule has 0 aromatic heterocycles. The predicted molar refractivity (Wildman–Crippen MR) is 44.3 cm³/mol. The molecular weight excluding hydrogens is 187 g/mol. The van der Waals surface area contributed by atoms with Crippen LogP contribution in [0.2, 0.25) is 0 Å². The van der Waals surface area contributed by atoms with E-state index in [9.17, 15) is 13.2 Å². The van der Waals surface area contributed by atoms with Gasteiger partial charge in [0.15, 0.2) is 0 Å². The zero-order chi connectivity index (χ0) is 9.19. The van der Waals surface area contributed by atoms with E-state index in [4.69, 9.17) is 0 Å². The lowest BCUT2D eigenvalue weighted by molar-refractivity contribution is -0.126. The first kappa shape index (κ1) is 10.2. The number of thioether (sulfide) groups is 1. The summed E-state index contributed by atoms with van der Waals surface area (Å²) in [7, 11) is 0. The standard InChI is InChI=1S/C7H12F3NS/c1-5-2-12-3-6(5)11-4-7(8,9)10/h5-6,11H,2-4H2,1H3. The molecule has 0 radical (unpaired) electrons. The predicted octanol–water partition coefficient (Wildman–Crippen LogP) is 1.89. The first-order chi connectivity index (χ1) is 5.49. The highest BCUT2D eigenvalue weighted by Crippen LogP contribution is 2.24. The quantitative estimate of drug-likeness (QED) is 0.729. The van der Waals surface area contributed by atoms with Gasteiger partial charge < -0.3 is 5.32 Å². The number of halogens is 3. The maximum absolute atomic E-state index is 11.8. The van der Waals surface area contributed by atoms with Crippen LogP contribution in [0.4, 0.5) is 13.2 Å². The lowest BCUT2D eigenvalue weighted by atomic mass is 10.1. The molecule has 2 atom stereocenters. The zero-order valence-electron chi connectivity index (χ0n) is 6.82. The van der Waals surface area contributed by atoms with Crippen molar-refractivity contribution in [2.75, 3.05) is 18.1 Å². The molecule has 0 aromatic carbocycles. The van der Waals surface area contributed by atoms with E-state index in [0.717, 1.165) is 11.5 Å². The van der Waals surface area contributed by atoms with Gasteiger partial charge in [-0.15, -0.1) is 0 Å². The van der Waals surface area contributed by atoms with E-state index in [2.05, 4.69) is 5.32 Å². The van der Waals surface area contributed by atoms with Crippen LogP contribution < -0.4 is 5.32 Å². The zero-order valence-corrected chi connectivity index (χ0v) is 7.63. The van der Waals surface area contributed by atoms with Crippen LogP contribution in [0.25, 0.3) is 0 Å². The van der Waals surface area contributed by atoms with Gasteiger partial charge in [0.2, 0.25) is 0 Å². The minimum atomic E-state index is -4.08. The first-order valence-electron chi connectivity index (χ1n) is 3.87. The van der Waals surface area contributed by atoms with Crippen LogP contribution in [0.15, 0.2) is 0 Å². The SMILES string of the molecule is CC1CSCC1NCC(F)(F)F. The lowest BCUT2D eigenvalue weighted by Gasteiger charge is -2.17. The van der Waals surface area contributed by atoms with E-state index in [0.29, 0.717) is 5.92 Å². The number of rotatable bonds is 2. The maximum atomic E-state index is 11.8. The van der Waals surface area contributed by atoms with E-state index < -0.39 is 12.7 Å². The van der Waals surface area contributed by atoms with Crippen molar-refractivity contribution in [3.63, 3.8) is 0 Å². The van der Waals surface area contributed by atoms with Crippen LogP contribution in [0.5, 0.6) is 0 Å². The number of hydrogen-bond acceptors (Lipinski definition) is 2. The molecule has 1 nitrogen and oxygen atoms in total. The third kappa shape index (κ3) is 3.23. The Bertz CT molecular complexity index is 148. The van der Waals surface area contributed by atoms with Crippen molar-refractivity contribution in [1.29, 1.82) is 0 Å². The molecular formula is C7H12F3NS. The number of alkyl halides is 3. The van der Waals surface area contributed by atoms with E-state index in [1.54, 1.807) is 11.8 Å². The van der Waals surface area contributed by atoms with Crippen LogP contribution >= 0.6 is 11.8 Å². The third-order valence-corrected chi connectivity index (χ3v) is 3.29. The molecule has 2 unspecified atom stereocenters. The Labute approximate surface area is 74.1 Å². The molecule has 0 amide bonds. The molecule has 1 aliphatic rings. The van der Waals surface area contributed by atoms with Gasteiger partial charge in [-0.25, -0.2) is 0 Å². The van der Waals surface area contributed by atoms with Gasteiger partial charge in [0.05, 0.1) is 6.54 Å². The summed E-state index contributed by atoms with van der Waals surface area (Å²) in [5, 5.41) is 2.53. The van der Waals surface area contributed by atoms with Crippen molar-refractivity contribution in [2.45, 2.75) is 19.1 Å². The summed E-state index contributed by atoms with van der Waals surface area (Å²) in [5.74, 6) is 2.13. The highest BCUT2D eigenvalue weighted by Gasteiger charge is 2.31. The van der Waals surface area contributed by atoms with E-state index >= 15 is 0 Å². The third-order valence-electron chi connectivity index (χ3n) is 1.93. The fraction of sp³-hybridized carbons (Fsp3) is 1.00. The first-order valence-corrected chi connectivity index (χ1v) is 5.02. The Hall–Kier alpha value is 0.100. The molecule has 1 N–H and O–H groups in total. The fourth-order valence-corrected chi connectivity index (χ4v) is 2.61. The summed E-state index contributed by atoms with van der Waals surface area (Å²) < 4.78 is 35.3. The minimum absolute atomic E-state index is 0.0385. The van der Waals surface area contributed by atoms with E-state index in [1.807, 2.05) is 6.92 Å². The molecule has 0 aromatic rings. The molecule has 0 saturated carbocycles. The molecule has 1 aliphatic heterocycles. The second kappa shape index (κ2) is 3.87. The molecule has 12 heavy (non-hydrogen) atoms. The average Bonchev–Trinajstić information content (AvgIpc) is 2.29.